The van der Waals surface area contributed by atoms with Gasteiger partial charge in [0, 0.05) is 10.4 Å². The summed E-state index contributed by atoms with van der Waals surface area (Å²) in [6.07, 6.45) is 10.8. The van der Waals surface area contributed by atoms with Gasteiger partial charge >= 0.3 is 0 Å². The number of fused-ring (bicyclic) bond motifs is 7. The second kappa shape index (κ2) is 6.53. The molecule has 2 fully saturated rings. The number of benzene rings is 1. The lowest BCUT2D eigenvalue weighted by Gasteiger charge is -2.56. The standard InChI is InChI=1S/C27H33NOS/c1-16-4-6-17(7-5-16)25-28-24-21-9-8-18-19-10-11-23(29)27(19,3)14-12-20(18)26(21,2)15-13-22(24)30-25/h4-7,9,18-20,23,29H,8,10-15H2,1-3H3/t18-,19-,20-,23-,26+,27-/m0/s1. The number of thiazole rings is 1. The summed E-state index contributed by atoms with van der Waals surface area (Å²) >= 11 is 1.91. The molecular formula is C27H33NOS. The first kappa shape index (κ1) is 19.3. The molecular weight excluding hydrogens is 386 g/mol. The number of hydrogen-bond donors (Lipinski definition) is 1. The van der Waals surface area contributed by atoms with Crippen LogP contribution in [0.2, 0.25) is 0 Å². The first-order valence-electron chi connectivity index (χ1n) is 11.9. The first-order valence-corrected chi connectivity index (χ1v) is 12.7. The van der Waals surface area contributed by atoms with Crippen LogP contribution in [0.4, 0.5) is 0 Å². The molecule has 0 radical (unpaired) electrons. The second-order valence-electron chi connectivity index (χ2n) is 10.9. The fourth-order valence-electron chi connectivity index (χ4n) is 7.68. The smallest absolute Gasteiger partial charge is 0.124 e. The summed E-state index contributed by atoms with van der Waals surface area (Å²) in [4.78, 5) is 6.71. The highest BCUT2D eigenvalue weighted by atomic mass is 32.1. The molecule has 0 amide bonds. The fraction of sp³-hybridized carbons (Fsp3) is 0.593. The Morgan fingerprint density at radius 2 is 1.83 bits per heavy atom. The van der Waals surface area contributed by atoms with E-state index in [1.807, 2.05) is 11.3 Å². The molecule has 1 aromatic carbocycles. The summed E-state index contributed by atoms with van der Waals surface area (Å²) in [5.41, 5.74) is 5.81. The summed E-state index contributed by atoms with van der Waals surface area (Å²) in [6.45, 7) is 7.06. The summed E-state index contributed by atoms with van der Waals surface area (Å²) in [6, 6.07) is 8.83. The van der Waals surface area contributed by atoms with E-state index in [-0.39, 0.29) is 16.9 Å². The van der Waals surface area contributed by atoms with Crippen molar-refractivity contribution in [3.8, 4) is 10.6 Å². The lowest BCUT2D eigenvalue weighted by atomic mass is 9.48. The van der Waals surface area contributed by atoms with Crippen LogP contribution < -0.4 is 0 Å². The molecule has 0 aliphatic heterocycles. The fourth-order valence-corrected chi connectivity index (χ4v) is 8.76. The average Bonchev–Trinajstić information content (AvgIpc) is 3.29. The van der Waals surface area contributed by atoms with Gasteiger partial charge < -0.3 is 5.11 Å². The molecule has 4 aliphatic rings. The highest BCUT2D eigenvalue weighted by Gasteiger charge is 2.58. The largest absolute Gasteiger partial charge is 0.393 e. The molecule has 1 N–H and O–H groups in total. The van der Waals surface area contributed by atoms with Gasteiger partial charge in [-0.2, -0.15) is 0 Å². The normalized spacial score (nSPS) is 39.5. The van der Waals surface area contributed by atoms with Crippen LogP contribution in [0.5, 0.6) is 0 Å². The van der Waals surface area contributed by atoms with Gasteiger partial charge in [-0.25, -0.2) is 4.98 Å². The molecule has 1 aromatic heterocycles. The first-order chi connectivity index (χ1) is 14.4. The highest BCUT2D eigenvalue weighted by molar-refractivity contribution is 7.15. The minimum Gasteiger partial charge on any atom is -0.393 e. The molecule has 6 rings (SSSR count). The predicted molar refractivity (Wildman–Crippen MR) is 124 cm³/mol. The number of hydrogen-bond acceptors (Lipinski definition) is 3. The van der Waals surface area contributed by atoms with Gasteiger partial charge in [-0.15, -0.1) is 11.3 Å². The highest BCUT2D eigenvalue weighted by Crippen LogP contribution is 2.66. The molecule has 1 heterocycles. The van der Waals surface area contributed by atoms with E-state index in [1.54, 1.807) is 5.57 Å². The Labute approximate surface area is 184 Å². The lowest BCUT2D eigenvalue weighted by Crippen LogP contribution is -2.50. The van der Waals surface area contributed by atoms with Crippen LogP contribution in [0, 0.1) is 35.5 Å². The summed E-state index contributed by atoms with van der Waals surface area (Å²) in [5, 5.41) is 11.9. The molecule has 0 spiro atoms. The number of nitrogens with zero attached hydrogens (tertiary/aromatic N) is 1. The lowest BCUT2D eigenvalue weighted by molar-refractivity contribution is -0.0579. The van der Waals surface area contributed by atoms with Crippen molar-refractivity contribution in [1.82, 2.24) is 4.98 Å². The third-order valence-electron chi connectivity index (χ3n) is 9.54. The second-order valence-corrected chi connectivity index (χ2v) is 12.0. The van der Waals surface area contributed by atoms with E-state index in [2.05, 4.69) is 51.1 Å². The van der Waals surface area contributed by atoms with Crippen LogP contribution in [0.25, 0.3) is 16.1 Å². The molecule has 2 aromatic rings. The van der Waals surface area contributed by atoms with Gasteiger partial charge in [0.1, 0.15) is 5.01 Å². The van der Waals surface area contributed by atoms with Gasteiger partial charge in [0.2, 0.25) is 0 Å². The Balaban J connectivity index is 1.38. The van der Waals surface area contributed by atoms with E-state index in [9.17, 15) is 5.11 Å². The monoisotopic (exact) mass is 419 g/mol. The molecule has 0 saturated heterocycles. The number of aliphatic hydroxyl groups excluding tert-OH is 1. The van der Waals surface area contributed by atoms with Gasteiger partial charge in [0.15, 0.2) is 0 Å². The quantitative estimate of drug-likeness (QED) is 0.560. The van der Waals surface area contributed by atoms with E-state index in [4.69, 9.17) is 4.98 Å². The number of aryl methyl sites for hydroxylation is 2. The van der Waals surface area contributed by atoms with Crippen molar-refractivity contribution in [2.24, 2.45) is 28.6 Å². The van der Waals surface area contributed by atoms with Gasteiger partial charge in [0.05, 0.1) is 11.8 Å². The van der Waals surface area contributed by atoms with E-state index in [0.717, 1.165) is 18.3 Å². The number of rotatable bonds is 1. The van der Waals surface area contributed by atoms with Crippen molar-refractivity contribution in [1.29, 1.82) is 0 Å². The molecule has 4 aliphatic carbocycles. The van der Waals surface area contributed by atoms with E-state index in [1.165, 1.54) is 65.2 Å². The Morgan fingerprint density at radius 1 is 1.03 bits per heavy atom. The zero-order chi connectivity index (χ0) is 20.7. The maximum Gasteiger partial charge on any atom is 0.124 e. The number of aliphatic hydroxyl groups is 1. The Morgan fingerprint density at radius 3 is 2.63 bits per heavy atom. The summed E-state index contributed by atoms with van der Waals surface area (Å²) < 4.78 is 0. The van der Waals surface area contributed by atoms with Gasteiger partial charge in [0.25, 0.3) is 0 Å². The minimum absolute atomic E-state index is 0.0878. The van der Waals surface area contributed by atoms with Crippen molar-refractivity contribution in [3.05, 3.63) is 46.5 Å². The Kier molecular flexibility index (Phi) is 4.19. The van der Waals surface area contributed by atoms with Gasteiger partial charge in [-0.3, -0.25) is 0 Å². The molecule has 3 heteroatoms. The van der Waals surface area contributed by atoms with Crippen LogP contribution in [0.1, 0.15) is 68.5 Å². The third kappa shape index (κ3) is 2.54. The predicted octanol–water partition coefficient (Wildman–Crippen LogP) is 6.66. The number of aromatic nitrogens is 1. The van der Waals surface area contributed by atoms with Gasteiger partial charge in [-0.05, 0) is 86.0 Å². The third-order valence-corrected chi connectivity index (χ3v) is 10.7. The van der Waals surface area contributed by atoms with Crippen molar-refractivity contribution >= 4 is 16.9 Å². The van der Waals surface area contributed by atoms with Crippen molar-refractivity contribution < 1.29 is 5.11 Å². The maximum atomic E-state index is 10.7. The van der Waals surface area contributed by atoms with Crippen LogP contribution >= 0.6 is 11.3 Å². The zero-order valence-corrected chi connectivity index (χ0v) is 19.3. The van der Waals surface area contributed by atoms with Crippen LogP contribution in [-0.2, 0) is 6.42 Å². The minimum atomic E-state index is -0.0878. The summed E-state index contributed by atoms with van der Waals surface area (Å²) in [5.74, 6) is 2.19. The van der Waals surface area contributed by atoms with Crippen LogP contribution in [-0.4, -0.2) is 16.2 Å². The van der Waals surface area contributed by atoms with Crippen LogP contribution in [0.15, 0.2) is 30.3 Å². The van der Waals surface area contributed by atoms with Crippen LogP contribution in [0.3, 0.4) is 0 Å². The molecule has 0 bridgehead atoms. The molecule has 6 atom stereocenters. The van der Waals surface area contributed by atoms with Gasteiger partial charge in [-0.1, -0.05) is 49.8 Å². The van der Waals surface area contributed by atoms with Crippen molar-refractivity contribution in [2.45, 2.75) is 71.8 Å². The topological polar surface area (TPSA) is 33.1 Å². The maximum absolute atomic E-state index is 10.7. The molecule has 0 unspecified atom stereocenters. The van der Waals surface area contributed by atoms with E-state index >= 15 is 0 Å². The van der Waals surface area contributed by atoms with E-state index < -0.39 is 0 Å². The molecule has 158 valence electrons. The summed E-state index contributed by atoms with van der Waals surface area (Å²) in [7, 11) is 0. The molecule has 2 saturated carbocycles. The number of allylic oxidation sites excluding steroid dienone is 2. The van der Waals surface area contributed by atoms with E-state index in [0.29, 0.717) is 5.92 Å². The molecule has 30 heavy (non-hydrogen) atoms. The zero-order valence-electron chi connectivity index (χ0n) is 18.4. The molecule has 2 nitrogen and oxygen atoms in total. The van der Waals surface area contributed by atoms with Crippen molar-refractivity contribution in [3.63, 3.8) is 0 Å². The Bertz CT molecular complexity index is 1020. The van der Waals surface area contributed by atoms with Crippen molar-refractivity contribution in [2.75, 3.05) is 0 Å². The Hall–Kier alpha value is -1.45. The SMILES string of the molecule is Cc1ccc(-c2nc3c(s2)CC[C@@]2(C)C3=CC[C@H]3[C@@H]4CC[C@H](O)[C@@]4(C)CC[C@@H]32)cc1. The average molecular weight is 420 g/mol.